The summed E-state index contributed by atoms with van der Waals surface area (Å²) in [6.07, 6.45) is 1.03. The Hall–Kier alpha value is -2.01. The molecule has 0 saturated carbocycles. The van der Waals surface area contributed by atoms with E-state index < -0.39 is 0 Å². The molecule has 5 heteroatoms. The maximum atomic E-state index is 11.2. The number of benzene rings is 1. The average molecular weight is 257 g/mol. The van der Waals surface area contributed by atoms with E-state index in [1.165, 1.54) is 0 Å². The Kier molecular flexibility index (Phi) is 3.13. The van der Waals surface area contributed by atoms with E-state index in [2.05, 4.69) is 15.5 Å². The molecular formula is C14H15N3O2. The van der Waals surface area contributed by atoms with Gasteiger partial charge < -0.3 is 9.84 Å². The number of aromatic nitrogens is 2. The summed E-state index contributed by atoms with van der Waals surface area (Å²) in [4.78, 5) is 15.6. The first-order chi connectivity index (χ1) is 9.24. The van der Waals surface area contributed by atoms with Crippen LogP contribution in [0.2, 0.25) is 0 Å². The van der Waals surface area contributed by atoms with Crippen LogP contribution in [0.4, 0.5) is 0 Å². The second kappa shape index (κ2) is 4.93. The summed E-state index contributed by atoms with van der Waals surface area (Å²) in [6.45, 7) is 3.44. The van der Waals surface area contributed by atoms with Crippen LogP contribution in [0.15, 0.2) is 28.8 Å². The molecule has 1 aromatic carbocycles. The van der Waals surface area contributed by atoms with Crippen molar-refractivity contribution in [3.63, 3.8) is 0 Å². The van der Waals surface area contributed by atoms with Crippen LogP contribution in [0.3, 0.4) is 0 Å². The Morgan fingerprint density at radius 1 is 1.37 bits per heavy atom. The molecule has 0 bridgehead atoms. The predicted molar refractivity (Wildman–Crippen MR) is 70.0 cm³/mol. The number of rotatable bonds is 3. The molecule has 0 radical (unpaired) electrons. The minimum Gasteiger partial charge on any atom is -0.339 e. The number of carbonyl (C=O) groups is 1. The molecule has 1 aliphatic rings. The van der Waals surface area contributed by atoms with Crippen molar-refractivity contribution >= 4 is 5.78 Å². The lowest BCUT2D eigenvalue weighted by molar-refractivity contribution is 0.101. The number of carbonyl (C=O) groups excluding carboxylic acids is 1. The highest BCUT2D eigenvalue weighted by Crippen LogP contribution is 2.24. The van der Waals surface area contributed by atoms with Crippen LogP contribution in [-0.2, 0) is 0 Å². The zero-order chi connectivity index (χ0) is 13.2. The minimum absolute atomic E-state index is 0.0531. The Balaban J connectivity index is 1.83. The molecule has 0 amide bonds. The number of hydrogen-bond acceptors (Lipinski definition) is 5. The summed E-state index contributed by atoms with van der Waals surface area (Å²) in [6, 6.07) is 7.26. The van der Waals surface area contributed by atoms with Crippen molar-refractivity contribution in [3.8, 4) is 11.4 Å². The molecule has 3 rings (SSSR count). The number of Topliss-reactive ketones (excluding diaryl/α,β-unsaturated/α-hetero) is 1. The van der Waals surface area contributed by atoms with E-state index in [1.807, 2.05) is 12.1 Å². The lowest BCUT2D eigenvalue weighted by Gasteiger charge is -1.99. The monoisotopic (exact) mass is 257 g/mol. The SMILES string of the molecule is CC(=O)c1ccc(-c2noc([C@@H]3CCNC3)n2)cc1. The van der Waals surface area contributed by atoms with E-state index >= 15 is 0 Å². The lowest BCUT2D eigenvalue weighted by atomic mass is 10.1. The van der Waals surface area contributed by atoms with Crippen LogP contribution in [0, 0.1) is 0 Å². The maximum Gasteiger partial charge on any atom is 0.231 e. The van der Waals surface area contributed by atoms with Crippen LogP contribution in [0.5, 0.6) is 0 Å². The van der Waals surface area contributed by atoms with Crippen molar-refractivity contribution in [2.24, 2.45) is 0 Å². The van der Waals surface area contributed by atoms with Gasteiger partial charge in [0.2, 0.25) is 11.7 Å². The number of ketones is 1. The standard InChI is InChI=1S/C14H15N3O2/c1-9(18)10-2-4-11(5-3-10)13-16-14(19-17-13)12-6-7-15-8-12/h2-5,12,15H,6-8H2,1H3/t12-/m1/s1. The molecule has 1 fully saturated rings. The van der Waals surface area contributed by atoms with Gasteiger partial charge >= 0.3 is 0 Å². The molecular weight excluding hydrogens is 242 g/mol. The van der Waals surface area contributed by atoms with Gasteiger partial charge in [-0.1, -0.05) is 29.4 Å². The fraction of sp³-hybridized carbons (Fsp3) is 0.357. The molecule has 1 aliphatic heterocycles. The molecule has 2 heterocycles. The van der Waals surface area contributed by atoms with Crippen LogP contribution >= 0.6 is 0 Å². The third kappa shape index (κ3) is 2.42. The largest absolute Gasteiger partial charge is 0.339 e. The van der Waals surface area contributed by atoms with Gasteiger partial charge in [0, 0.05) is 17.7 Å². The van der Waals surface area contributed by atoms with Gasteiger partial charge in [0.05, 0.1) is 5.92 Å². The van der Waals surface area contributed by atoms with Crippen molar-refractivity contribution in [1.29, 1.82) is 0 Å². The minimum atomic E-state index is 0.0531. The highest BCUT2D eigenvalue weighted by atomic mass is 16.5. The fourth-order valence-electron chi connectivity index (χ4n) is 2.24. The Morgan fingerprint density at radius 2 is 2.16 bits per heavy atom. The molecule has 2 aromatic rings. The number of hydrogen-bond donors (Lipinski definition) is 1. The van der Waals surface area contributed by atoms with Gasteiger partial charge in [-0.3, -0.25) is 4.79 Å². The quantitative estimate of drug-likeness (QED) is 0.852. The maximum absolute atomic E-state index is 11.2. The van der Waals surface area contributed by atoms with Crippen LogP contribution in [-0.4, -0.2) is 29.0 Å². The molecule has 0 aliphatic carbocycles. The van der Waals surface area contributed by atoms with Crippen molar-refractivity contribution in [2.45, 2.75) is 19.3 Å². The summed E-state index contributed by atoms with van der Waals surface area (Å²) in [5, 5.41) is 7.28. The molecule has 98 valence electrons. The first kappa shape index (κ1) is 12.0. The highest BCUT2D eigenvalue weighted by Gasteiger charge is 2.22. The summed E-state index contributed by atoms with van der Waals surface area (Å²) >= 11 is 0. The highest BCUT2D eigenvalue weighted by molar-refractivity contribution is 5.94. The van der Waals surface area contributed by atoms with Crippen molar-refractivity contribution in [1.82, 2.24) is 15.5 Å². The van der Waals surface area contributed by atoms with E-state index in [-0.39, 0.29) is 5.78 Å². The van der Waals surface area contributed by atoms with Gasteiger partial charge in [-0.05, 0) is 19.9 Å². The third-order valence-electron chi connectivity index (χ3n) is 3.40. The Labute approximate surface area is 111 Å². The summed E-state index contributed by atoms with van der Waals surface area (Å²) < 4.78 is 5.31. The molecule has 0 unspecified atom stereocenters. The summed E-state index contributed by atoms with van der Waals surface area (Å²) in [5.41, 5.74) is 1.55. The van der Waals surface area contributed by atoms with Gasteiger partial charge in [0.25, 0.3) is 0 Å². The smallest absolute Gasteiger partial charge is 0.231 e. The zero-order valence-corrected chi connectivity index (χ0v) is 10.7. The second-order valence-corrected chi connectivity index (χ2v) is 4.78. The van der Waals surface area contributed by atoms with E-state index in [0.717, 1.165) is 25.1 Å². The fourth-order valence-corrected chi connectivity index (χ4v) is 2.24. The van der Waals surface area contributed by atoms with Crippen LogP contribution < -0.4 is 5.32 Å². The van der Waals surface area contributed by atoms with E-state index in [4.69, 9.17) is 4.52 Å². The second-order valence-electron chi connectivity index (χ2n) is 4.78. The van der Waals surface area contributed by atoms with Gasteiger partial charge in [0.15, 0.2) is 5.78 Å². The molecule has 1 saturated heterocycles. The first-order valence-corrected chi connectivity index (χ1v) is 6.40. The van der Waals surface area contributed by atoms with Crippen molar-refractivity contribution in [3.05, 3.63) is 35.7 Å². The van der Waals surface area contributed by atoms with Gasteiger partial charge in [-0.25, -0.2) is 0 Å². The first-order valence-electron chi connectivity index (χ1n) is 6.40. The number of nitrogens with zero attached hydrogens (tertiary/aromatic N) is 2. The molecule has 5 nitrogen and oxygen atoms in total. The summed E-state index contributed by atoms with van der Waals surface area (Å²) in [5.74, 6) is 1.64. The number of nitrogens with one attached hydrogen (secondary N) is 1. The normalized spacial score (nSPS) is 18.7. The van der Waals surface area contributed by atoms with Gasteiger partial charge in [-0.2, -0.15) is 4.98 Å². The van der Waals surface area contributed by atoms with Crippen LogP contribution in [0.25, 0.3) is 11.4 Å². The van der Waals surface area contributed by atoms with Crippen LogP contribution in [0.1, 0.15) is 35.5 Å². The van der Waals surface area contributed by atoms with Crippen molar-refractivity contribution in [2.75, 3.05) is 13.1 Å². The van der Waals surface area contributed by atoms with E-state index in [9.17, 15) is 4.79 Å². The van der Waals surface area contributed by atoms with E-state index in [0.29, 0.717) is 23.2 Å². The van der Waals surface area contributed by atoms with Crippen molar-refractivity contribution < 1.29 is 9.32 Å². The topological polar surface area (TPSA) is 68.0 Å². The molecule has 0 spiro atoms. The van der Waals surface area contributed by atoms with Gasteiger partial charge in [0.1, 0.15) is 0 Å². The predicted octanol–water partition coefficient (Wildman–Crippen LogP) is 2.02. The molecule has 1 N–H and O–H groups in total. The Morgan fingerprint density at radius 3 is 2.79 bits per heavy atom. The van der Waals surface area contributed by atoms with Gasteiger partial charge in [-0.15, -0.1) is 0 Å². The third-order valence-corrected chi connectivity index (χ3v) is 3.40. The van der Waals surface area contributed by atoms with E-state index in [1.54, 1.807) is 19.1 Å². The average Bonchev–Trinajstić information content (AvgIpc) is 3.10. The molecule has 1 aromatic heterocycles. The lowest BCUT2D eigenvalue weighted by Crippen LogP contribution is -2.08. The Bertz CT molecular complexity index is 583. The molecule has 19 heavy (non-hydrogen) atoms. The molecule has 1 atom stereocenters. The zero-order valence-electron chi connectivity index (χ0n) is 10.7. The summed E-state index contributed by atoms with van der Waals surface area (Å²) in [7, 11) is 0.